The van der Waals surface area contributed by atoms with Gasteiger partial charge in [0.2, 0.25) is 0 Å². The second-order valence-electron chi connectivity index (χ2n) is 3.54. The van der Waals surface area contributed by atoms with Gasteiger partial charge in [0.25, 0.3) is 0 Å². The first-order chi connectivity index (χ1) is 8.29. The van der Waals surface area contributed by atoms with Gasteiger partial charge in [-0.05, 0) is 0 Å². The van der Waals surface area contributed by atoms with Crippen molar-refractivity contribution in [1.82, 2.24) is 0 Å². The number of benzene rings is 2. The van der Waals surface area contributed by atoms with E-state index in [0.29, 0.717) is 39.2 Å². The molecule has 0 aliphatic rings. The summed E-state index contributed by atoms with van der Waals surface area (Å²) >= 11 is 35.5. The molecule has 96 valence electrons. The largest absolute Gasteiger partial charge is 0.142 e. The van der Waals surface area contributed by atoms with Crippen molar-refractivity contribution in [2.75, 3.05) is 0 Å². The van der Waals surface area contributed by atoms with Gasteiger partial charge < -0.3 is 0 Å². The van der Waals surface area contributed by atoms with Gasteiger partial charge in [0.1, 0.15) is 0 Å². The van der Waals surface area contributed by atoms with Crippen LogP contribution in [0.5, 0.6) is 0 Å². The Labute approximate surface area is 149 Å². The lowest BCUT2D eigenvalue weighted by Gasteiger charge is -2.17. The van der Waals surface area contributed by atoms with Crippen LogP contribution in [0.25, 0.3) is 10.8 Å². The molecule has 0 aliphatic heterocycles. The van der Waals surface area contributed by atoms with Crippen LogP contribution in [0.4, 0.5) is 0 Å². The number of thiol groups is 8. The Morgan fingerprint density at radius 1 is 0.278 bits per heavy atom. The van der Waals surface area contributed by atoms with Crippen LogP contribution in [0.15, 0.2) is 39.2 Å². The van der Waals surface area contributed by atoms with Crippen molar-refractivity contribution in [3.8, 4) is 0 Å². The normalized spacial score (nSPS) is 11.3. The summed E-state index contributed by atoms with van der Waals surface area (Å²) in [4.78, 5) is 5.34. The highest BCUT2D eigenvalue weighted by Crippen LogP contribution is 2.48. The molecule has 0 unspecified atom stereocenters. The molecule has 0 nitrogen and oxygen atoms in total. The Morgan fingerprint density at radius 3 is 0.611 bits per heavy atom. The van der Waals surface area contributed by atoms with E-state index in [1.165, 1.54) is 0 Å². The van der Waals surface area contributed by atoms with Crippen LogP contribution in [0.3, 0.4) is 0 Å². The maximum atomic E-state index is 4.48. The van der Waals surface area contributed by atoms with Crippen molar-refractivity contribution in [3.63, 3.8) is 0 Å². The summed E-state index contributed by atoms with van der Waals surface area (Å²) in [5.41, 5.74) is 0. The second-order valence-corrected chi connectivity index (χ2v) is 7.12. The number of hydrogen-bond donors (Lipinski definition) is 8. The zero-order valence-corrected chi connectivity index (χ0v) is 15.7. The van der Waals surface area contributed by atoms with Crippen LogP contribution >= 0.6 is 101 Å². The molecule has 0 radical (unpaired) electrons. The molecule has 2 aromatic carbocycles. The highest BCUT2D eigenvalue weighted by Gasteiger charge is 2.19. The average molecular weight is 385 g/mol. The fourth-order valence-corrected chi connectivity index (χ4v) is 4.39. The summed E-state index contributed by atoms with van der Waals surface area (Å²) in [7, 11) is 0. The van der Waals surface area contributed by atoms with E-state index >= 15 is 0 Å². The molecule has 0 N–H and O–H groups in total. The minimum atomic E-state index is 0.654. The molecule has 8 heteroatoms. The standard InChI is InChI=1S/C10H8S8/c11-3-1-2(5(13)9(17)7(3)15)6(14)10(18)8(16)4(1)12/h11-18H. The smallest absolute Gasteiger partial charge is 0.0326 e. The zero-order valence-electron chi connectivity index (χ0n) is 8.58. The predicted molar refractivity (Wildman–Crippen MR) is 102 cm³/mol. The molecule has 0 saturated carbocycles. The van der Waals surface area contributed by atoms with E-state index in [0.717, 1.165) is 10.8 Å². The summed E-state index contributed by atoms with van der Waals surface area (Å²) in [5.74, 6) is 0. The first kappa shape index (κ1) is 15.9. The molecule has 18 heavy (non-hydrogen) atoms. The van der Waals surface area contributed by atoms with Gasteiger partial charge >= 0.3 is 0 Å². The molecule has 0 fully saturated rings. The maximum absolute atomic E-state index is 4.48. The molecular weight excluding hydrogens is 377 g/mol. The minimum absolute atomic E-state index is 0.654. The summed E-state index contributed by atoms with van der Waals surface area (Å²) < 4.78 is 0. The summed E-state index contributed by atoms with van der Waals surface area (Å²) in [6.07, 6.45) is 0. The van der Waals surface area contributed by atoms with Gasteiger partial charge in [0.15, 0.2) is 0 Å². The lowest BCUT2D eigenvalue weighted by molar-refractivity contribution is 1.02. The third-order valence-electron chi connectivity index (χ3n) is 2.54. The second kappa shape index (κ2) is 5.71. The first-order valence-electron chi connectivity index (χ1n) is 4.54. The van der Waals surface area contributed by atoms with Crippen LogP contribution in [0.2, 0.25) is 0 Å². The molecule has 0 spiro atoms. The molecule has 0 heterocycles. The predicted octanol–water partition coefficient (Wildman–Crippen LogP) is 5.15. The fourth-order valence-electron chi connectivity index (χ4n) is 1.62. The third-order valence-corrected chi connectivity index (χ3v) is 7.18. The van der Waals surface area contributed by atoms with Crippen LogP contribution in [-0.4, -0.2) is 0 Å². The lowest BCUT2D eigenvalue weighted by atomic mass is 10.1. The Bertz CT molecular complexity index is 563. The Balaban J connectivity index is 3.22. The van der Waals surface area contributed by atoms with E-state index in [2.05, 4.69) is 101 Å². The molecule has 2 rings (SSSR count). The van der Waals surface area contributed by atoms with Gasteiger partial charge in [0, 0.05) is 49.9 Å². The summed E-state index contributed by atoms with van der Waals surface area (Å²) in [6.45, 7) is 0. The monoisotopic (exact) mass is 384 g/mol. The van der Waals surface area contributed by atoms with Gasteiger partial charge in [-0.25, -0.2) is 0 Å². The average Bonchev–Trinajstić information content (AvgIpc) is 2.35. The van der Waals surface area contributed by atoms with Crippen molar-refractivity contribution in [2.45, 2.75) is 39.2 Å². The van der Waals surface area contributed by atoms with Crippen LogP contribution in [-0.2, 0) is 0 Å². The van der Waals surface area contributed by atoms with E-state index in [9.17, 15) is 0 Å². The molecule has 0 saturated heterocycles. The molecule has 0 bridgehead atoms. The third kappa shape index (κ3) is 2.30. The zero-order chi connectivity index (χ0) is 13.8. The van der Waals surface area contributed by atoms with E-state index in [1.54, 1.807) is 0 Å². The van der Waals surface area contributed by atoms with Gasteiger partial charge in [-0.1, -0.05) is 0 Å². The molecular formula is C10H8S8. The van der Waals surface area contributed by atoms with E-state index < -0.39 is 0 Å². The number of rotatable bonds is 0. The van der Waals surface area contributed by atoms with Crippen molar-refractivity contribution in [2.24, 2.45) is 0 Å². The quantitative estimate of drug-likeness (QED) is 0.283. The van der Waals surface area contributed by atoms with Crippen LogP contribution in [0, 0.1) is 0 Å². The molecule has 0 atom stereocenters. The number of fused-ring (bicyclic) bond motifs is 1. The Kier molecular flexibility index (Phi) is 5.04. The SMILES string of the molecule is Sc1c(S)c(S)c2c(S)c(S)c(S)c(S)c2c1S. The maximum Gasteiger partial charge on any atom is 0.0326 e. The fraction of sp³-hybridized carbons (Fsp3) is 0. The van der Waals surface area contributed by atoms with Gasteiger partial charge in [-0.2, -0.15) is 0 Å². The van der Waals surface area contributed by atoms with Gasteiger partial charge in [-0.15, -0.1) is 101 Å². The molecule has 0 aromatic heterocycles. The van der Waals surface area contributed by atoms with Crippen LogP contribution in [0.1, 0.15) is 0 Å². The molecule has 0 aliphatic carbocycles. The highest BCUT2D eigenvalue weighted by molar-refractivity contribution is 7.87. The van der Waals surface area contributed by atoms with E-state index in [1.807, 2.05) is 0 Å². The van der Waals surface area contributed by atoms with Gasteiger partial charge in [-0.3, -0.25) is 0 Å². The summed E-state index contributed by atoms with van der Waals surface area (Å²) in [5, 5.41) is 1.62. The highest BCUT2D eigenvalue weighted by atomic mass is 32.1. The topological polar surface area (TPSA) is 0 Å². The number of hydrogen-bond acceptors (Lipinski definition) is 8. The van der Waals surface area contributed by atoms with Crippen LogP contribution < -0.4 is 0 Å². The van der Waals surface area contributed by atoms with Crippen molar-refractivity contribution < 1.29 is 0 Å². The van der Waals surface area contributed by atoms with E-state index in [-0.39, 0.29) is 0 Å². The molecule has 0 amide bonds. The van der Waals surface area contributed by atoms with Crippen molar-refractivity contribution in [1.29, 1.82) is 0 Å². The summed E-state index contributed by atoms with van der Waals surface area (Å²) in [6, 6.07) is 0. The van der Waals surface area contributed by atoms with Crippen molar-refractivity contribution >= 4 is 112 Å². The molecule has 2 aromatic rings. The van der Waals surface area contributed by atoms with Gasteiger partial charge in [0.05, 0.1) is 0 Å². The van der Waals surface area contributed by atoms with Crippen molar-refractivity contribution in [3.05, 3.63) is 0 Å². The lowest BCUT2D eigenvalue weighted by Crippen LogP contribution is -1.91. The minimum Gasteiger partial charge on any atom is -0.142 e. The first-order valence-corrected chi connectivity index (χ1v) is 8.12. The van der Waals surface area contributed by atoms with E-state index in [4.69, 9.17) is 0 Å². The Morgan fingerprint density at radius 2 is 0.444 bits per heavy atom. The Hall–Kier alpha value is 1.50.